The van der Waals surface area contributed by atoms with Crippen LogP contribution < -0.4 is 10.1 Å². The number of halogens is 1. The summed E-state index contributed by atoms with van der Waals surface area (Å²) in [4.78, 5) is 0. The number of nitrogens with one attached hydrogen (secondary N) is 1. The topological polar surface area (TPSA) is 21.3 Å². The molecule has 0 aliphatic carbocycles. The van der Waals surface area contributed by atoms with Crippen LogP contribution in [0.4, 0.5) is 0 Å². The third-order valence-electron chi connectivity index (χ3n) is 2.55. The average molecular weight is 232 g/mol. The number of rotatable bonds is 2. The lowest BCUT2D eigenvalue weighted by Crippen LogP contribution is -2.43. The summed E-state index contributed by atoms with van der Waals surface area (Å²) in [5.41, 5.74) is -0.0145. The van der Waals surface area contributed by atoms with E-state index >= 15 is 0 Å². The summed E-state index contributed by atoms with van der Waals surface area (Å²) in [6.45, 7) is 4.24. The van der Waals surface area contributed by atoms with Gasteiger partial charge in [0.25, 0.3) is 0 Å². The maximum absolute atomic E-state index is 5.96. The van der Waals surface area contributed by atoms with Crippen LogP contribution in [0.5, 0.6) is 5.06 Å². The highest BCUT2D eigenvalue weighted by molar-refractivity contribution is 7.12. The molecule has 1 fully saturated rings. The molecule has 0 unspecified atom stereocenters. The average Bonchev–Trinajstić information content (AvgIpc) is 2.51. The molecule has 1 saturated heterocycles. The molecule has 0 amide bonds. The summed E-state index contributed by atoms with van der Waals surface area (Å²) < 4.78 is 5.96. The van der Waals surface area contributed by atoms with Crippen LogP contribution in [0, 0.1) is 0 Å². The molecule has 0 radical (unpaired) electrons. The van der Waals surface area contributed by atoms with Gasteiger partial charge in [0.2, 0.25) is 0 Å². The molecule has 1 N–H and O–H groups in total. The van der Waals surface area contributed by atoms with Crippen molar-refractivity contribution in [3.63, 3.8) is 0 Å². The molecule has 1 aliphatic rings. The number of thiophene rings is 1. The zero-order valence-electron chi connectivity index (χ0n) is 8.18. The minimum atomic E-state index is -0.0145. The van der Waals surface area contributed by atoms with Crippen LogP contribution in [-0.2, 0) is 0 Å². The van der Waals surface area contributed by atoms with Crippen molar-refractivity contribution in [1.82, 2.24) is 5.32 Å². The van der Waals surface area contributed by atoms with Crippen molar-refractivity contribution < 1.29 is 4.74 Å². The quantitative estimate of drug-likeness (QED) is 0.845. The molecule has 1 aromatic rings. The second-order valence-electron chi connectivity index (χ2n) is 3.89. The van der Waals surface area contributed by atoms with Crippen LogP contribution >= 0.6 is 22.9 Å². The van der Waals surface area contributed by atoms with Gasteiger partial charge in [0.15, 0.2) is 5.06 Å². The van der Waals surface area contributed by atoms with Gasteiger partial charge >= 0.3 is 0 Å². The number of hydrogen-bond donors (Lipinski definition) is 1. The highest BCUT2D eigenvalue weighted by Gasteiger charge is 2.28. The molecule has 0 aromatic carbocycles. The fourth-order valence-electron chi connectivity index (χ4n) is 1.65. The minimum absolute atomic E-state index is 0.0145. The van der Waals surface area contributed by atoms with Crippen LogP contribution in [-0.4, -0.2) is 18.7 Å². The lowest BCUT2D eigenvalue weighted by atomic mass is 9.95. The predicted molar refractivity (Wildman–Crippen MR) is 60.5 cm³/mol. The standard InChI is InChI=1S/C10H14ClNOS/c1-10(2-4-12-5-3-10)13-9-6-8(11)7-14-9/h6-7,12H,2-5H2,1H3. The summed E-state index contributed by atoms with van der Waals surface area (Å²) in [7, 11) is 0. The zero-order valence-corrected chi connectivity index (χ0v) is 9.75. The lowest BCUT2D eigenvalue weighted by molar-refractivity contribution is 0.0596. The van der Waals surface area contributed by atoms with Gasteiger partial charge in [-0.25, -0.2) is 0 Å². The van der Waals surface area contributed by atoms with E-state index in [1.807, 2.05) is 11.4 Å². The third kappa shape index (κ3) is 2.41. The van der Waals surface area contributed by atoms with Gasteiger partial charge in [-0.05, 0) is 32.9 Å². The largest absolute Gasteiger partial charge is 0.478 e. The molecule has 2 heterocycles. The fraction of sp³-hybridized carbons (Fsp3) is 0.600. The number of ether oxygens (including phenoxy) is 1. The molecule has 1 aromatic heterocycles. The SMILES string of the molecule is CC1(Oc2cc(Cl)cs2)CCNCC1. The van der Waals surface area contributed by atoms with E-state index < -0.39 is 0 Å². The highest BCUT2D eigenvalue weighted by atomic mass is 35.5. The van der Waals surface area contributed by atoms with E-state index in [-0.39, 0.29) is 5.60 Å². The summed E-state index contributed by atoms with van der Waals surface area (Å²) in [5.74, 6) is 0. The maximum Gasteiger partial charge on any atom is 0.176 e. The van der Waals surface area contributed by atoms with E-state index in [0.717, 1.165) is 36.0 Å². The van der Waals surface area contributed by atoms with Crippen LogP contribution in [0.15, 0.2) is 11.4 Å². The summed E-state index contributed by atoms with van der Waals surface area (Å²) in [5, 5.41) is 6.93. The van der Waals surface area contributed by atoms with Gasteiger partial charge in [0.1, 0.15) is 5.60 Å². The van der Waals surface area contributed by atoms with E-state index in [0.29, 0.717) is 0 Å². The van der Waals surface area contributed by atoms with Crippen LogP contribution in [0.3, 0.4) is 0 Å². The Bertz CT molecular complexity index is 307. The van der Waals surface area contributed by atoms with Crippen molar-refractivity contribution in [2.75, 3.05) is 13.1 Å². The molecule has 78 valence electrons. The van der Waals surface area contributed by atoms with Gasteiger partial charge in [-0.2, -0.15) is 0 Å². The van der Waals surface area contributed by atoms with Crippen LogP contribution in [0.2, 0.25) is 5.02 Å². The van der Waals surface area contributed by atoms with Gasteiger partial charge in [-0.1, -0.05) is 11.6 Å². The van der Waals surface area contributed by atoms with E-state index in [9.17, 15) is 0 Å². The Kier molecular flexibility index (Phi) is 3.00. The lowest BCUT2D eigenvalue weighted by Gasteiger charge is -2.33. The van der Waals surface area contributed by atoms with Crippen molar-refractivity contribution in [2.24, 2.45) is 0 Å². The predicted octanol–water partition coefficient (Wildman–Crippen LogP) is 2.92. The first-order chi connectivity index (χ1) is 6.68. The van der Waals surface area contributed by atoms with E-state index in [1.165, 1.54) is 0 Å². The first-order valence-corrected chi connectivity index (χ1v) is 6.07. The Morgan fingerprint density at radius 1 is 1.50 bits per heavy atom. The van der Waals surface area contributed by atoms with Crippen molar-refractivity contribution in [2.45, 2.75) is 25.4 Å². The van der Waals surface area contributed by atoms with Crippen molar-refractivity contribution >= 4 is 22.9 Å². The third-order valence-corrected chi connectivity index (χ3v) is 3.70. The molecular weight excluding hydrogens is 218 g/mol. The smallest absolute Gasteiger partial charge is 0.176 e. The molecule has 4 heteroatoms. The van der Waals surface area contributed by atoms with Gasteiger partial charge < -0.3 is 10.1 Å². The van der Waals surface area contributed by atoms with E-state index in [2.05, 4.69) is 12.2 Å². The van der Waals surface area contributed by atoms with Gasteiger partial charge in [-0.15, -0.1) is 11.3 Å². The Labute approximate surface area is 93.2 Å². The number of hydrogen-bond acceptors (Lipinski definition) is 3. The summed E-state index contributed by atoms with van der Waals surface area (Å²) in [6.07, 6.45) is 2.12. The van der Waals surface area contributed by atoms with Gasteiger partial charge in [0, 0.05) is 11.4 Å². The zero-order chi connectivity index (χ0) is 10.0. The molecule has 2 rings (SSSR count). The second kappa shape index (κ2) is 4.09. The molecule has 1 aliphatic heterocycles. The molecule has 0 atom stereocenters. The monoisotopic (exact) mass is 231 g/mol. The normalized spacial score (nSPS) is 20.7. The molecule has 2 nitrogen and oxygen atoms in total. The summed E-state index contributed by atoms with van der Waals surface area (Å²) >= 11 is 7.41. The number of piperidine rings is 1. The van der Waals surface area contributed by atoms with E-state index in [4.69, 9.17) is 16.3 Å². The van der Waals surface area contributed by atoms with Crippen LogP contribution in [0.25, 0.3) is 0 Å². The van der Waals surface area contributed by atoms with Crippen molar-refractivity contribution in [3.05, 3.63) is 16.5 Å². The Balaban J connectivity index is 2.01. The molecule has 14 heavy (non-hydrogen) atoms. The van der Waals surface area contributed by atoms with Gasteiger partial charge in [0.05, 0.1) is 5.02 Å². The summed E-state index contributed by atoms with van der Waals surface area (Å²) in [6, 6.07) is 1.89. The highest BCUT2D eigenvalue weighted by Crippen LogP contribution is 2.32. The first-order valence-electron chi connectivity index (χ1n) is 4.82. The fourth-order valence-corrected chi connectivity index (χ4v) is 2.69. The van der Waals surface area contributed by atoms with Gasteiger partial charge in [-0.3, -0.25) is 0 Å². The van der Waals surface area contributed by atoms with Crippen LogP contribution in [0.1, 0.15) is 19.8 Å². The first kappa shape index (κ1) is 10.3. The molecular formula is C10H14ClNOS. The second-order valence-corrected chi connectivity index (χ2v) is 5.20. The van der Waals surface area contributed by atoms with Crippen molar-refractivity contribution in [1.29, 1.82) is 0 Å². The minimum Gasteiger partial charge on any atom is -0.478 e. The Hall–Kier alpha value is -0.250. The Morgan fingerprint density at radius 2 is 2.21 bits per heavy atom. The van der Waals surface area contributed by atoms with Crippen molar-refractivity contribution in [3.8, 4) is 5.06 Å². The Morgan fingerprint density at radius 3 is 2.79 bits per heavy atom. The molecule has 0 spiro atoms. The maximum atomic E-state index is 5.96. The van der Waals surface area contributed by atoms with E-state index in [1.54, 1.807) is 11.3 Å². The molecule has 0 saturated carbocycles. The molecule has 0 bridgehead atoms.